The van der Waals surface area contributed by atoms with Crippen LogP contribution < -0.4 is 0 Å². The molecule has 1 aliphatic rings. The van der Waals surface area contributed by atoms with Crippen molar-refractivity contribution in [1.29, 1.82) is 0 Å². The number of nitrogens with zero attached hydrogens (tertiary/aromatic N) is 5. The Kier molecular flexibility index (Phi) is 4.99. The molecule has 26 heavy (non-hydrogen) atoms. The highest BCUT2D eigenvalue weighted by Gasteiger charge is 2.24. The SMILES string of the molecule is CCOCc1cnn2c(C3CCN(Cc4cc(C)on4)CC3)ccnc12. The fraction of sp³-hybridized carbons (Fsp3) is 0.526. The van der Waals surface area contributed by atoms with Crippen LogP contribution in [0.4, 0.5) is 0 Å². The molecule has 4 heterocycles. The van der Waals surface area contributed by atoms with Crippen molar-refractivity contribution in [1.82, 2.24) is 24.7 Å². The summed E-state index contributed by atoms with van der Waals surface area (Å²) in [6.45, 7) is 8.14. The van der Waals surface area contributed by atoms with Crippen molar-refractivity contribution in [3.8, 4) is 0 Å². The lowest BCUT2D eigenvalue weighted by Gasteiger charge is -2.31. The fourth-order valence-electron chi connectivity index (χ4n) is 3.69. The number of hydrogen-bond donors (Lipinski definition) is 0. The molecule has 0 saturated carbocycles. The molecule has 7 heteroatoms. The van der Waals surface area contributed by atoms with E-state index >= 15 is 0 Å². The number of aryl methyl sites for hydroxylation is 1. The van der Waals surface area contributed by atoms with Crippen molar-refractivity contribution >= 4 is 5.65 Å². The summed E-state index contributed by atoms with van der Waals surface area (Å²) in [4.78, 5) is 6.95. The Bertz CT molecular complexity index is 864. The van der Waals surface area contributed by atoms with E-state index in [0.717, 1.165) is 55.1 Å². The lowest BCUT2D eigenvalue weighted by molar-refractivity contribution is 0.135. The van der Waals surface area contributed by atoms with Crippen LogP contribution in [0.2, 0.25) is 0 Å². The van der Waals surface area contributed by atoms with E-state index < -0.39 is 0 Å². The Morgan fingerprint density at radius 2 is 2.15 bits per heavy atom. The summed E-state index contributed by atoms with van der Waals surface area (Å²) in [5.74, 6) is 1.37. The third-order valence-electron chi connectivity index (χ3n) is 5.03. The molecule has 0 aromatic carbocycles. The van der Waals surface area contributed by atoms with Gasteiger partial charge in [0.2, 0.25) is 0 Å². The smallest absolute Gasteiger partial charge is 0.160 e. The van der Waals surface area contributed by atoms with Crippen LogP contribution >= 0.6 is 0 Å². The van der Waals surface area contributed by atoms with Crippen molar-refractivity contribution in [3.63, 3.8) is 0 Å². The maximum Gasteiger partial charge on any atom is 0.160 e. The number of ether oxygens (including phenoxy) is 1. The van der Waals surface area contributed by atoms with E-state index in [-0.39, 0.29) is 0 Å². The number of aromatic nitrogens is 4. The van der Waals surface area contributed by atoms with Gasteiger partial charge in [0.1, 0.15) is 5.76 Å². The first-order valence-corrected chi connectivity index (χ1v) is 9.28. The lowest BCUT2D eigenvalue weighted by Crippen LogP contribution is -2.33. The first-order valence-electron chi connectivity index (χ1n) is 9.28. The summed E-state index contributed by atoms with van der Waals surface area (Å²) >= 11 is 0. The van der Waals surface area contributed by atoms with Gasteiger partial charge in [-0.05, 0) is 45.8 Å². The molecule has 0 atom stereocenters. The van der Waals surface area contributed by atoms with Gasteiger partial charge in [-0.2, -0.15) is 5.10 Å². The number of hydrogen-bond acceptors (Lipinski definition) is 6. The van der Waals surface area contributed by atoms with E-state index in [4.69, 9.17) is 9.26 Å². The molecule has 0 aliphatic carbocycles. The molecule has 1 fully saturated rings. The Balaban J connectivity index is 1.45. The molecule has 3 aromatic rings. The van der Waals surface area contributed by atoms with Crippen LogP contribution in [0.1, 0.15) is 48.4 Å². The normalized spacial score (nSPS) is 16.5. The highest BCUT2D eigenvalue weighted by Crippen LogP contribution is 2.29. The summed E-state index contributed by atoms with van der Waals surface area (Å²) in [6.07, 6.45) is 5.99. The zero-order valence-electron chi connectivity index (χ0n) is 15.4. The van der Waals surface area contributed by atoms with Crippen molar-refractivity contribution in [3.05, 3.63) is 47.2 Å². The molecule has 0 amide bonds. The molecule has 1 aliphatic heterocycles. The van der Waals surface area contributed by atoms with Gasteiger partial charge in [0, 0.05) is 42.6 Å². The van der Waals surface area contributed by atoms with Crippen LogP contribution in [-0.4, -0.2) is 44.4 Å². The molecule has 0 radical (unpaired) electrons. The van der Waals surface area contributed by atoms with Crippen LogP contribution in [0.3, 0.4) is 0 Å². The van der Waals surface area contributed by atoms with Crippen LogP contribution in [0.5, 0.6) is 0 Å². The Morgan fingerprint density at radius 3 is 2.88 bits per heavy atom. The largest absolute Gasteiger partial charge is 0.377 e. The average molecular weight is 355 g/mol. The Hall–Kier alpha value is -2.25. The van der Waals surface area contributed by atoms with Crippen molar-refractivity contribution in [2.75, 3.05) is 19.7 Å². The van der Waals surface area contributed by atoms with E-state index in [2.05, 4.69) is 26.2 Å². The van der Waals surface area contributed by atoms with Gasteiger partial charge in [0.15, 0.2) is 5.65 Å². The van der Waals surface area contributed by atoms with Gasteiger partial charge in [0.25, 0.3) is 0 Å². The van der Waals surface area contributed by atoms with E-state index in [1.54, 1.807) is 0 Å². The third kappa shape index (κ3) is 3.50. The molecule has 1 saturated heterocycles. The van der Waals surface area contributed by atoms with E-state index in [9.17, 15) is 0 Å². The number of rotatable bonds is 6. The summed E-state index contributed by atoms with van der Waals surface area (Å²) in [5, 5.41) is 8.68. The average Bonchev–Trinajstić information content (AvgIpc) is 3.26. The van der Waals surface area contributed by atoms with Crippen LogP contribution in [0.25, 0.3) is 5.65 Å². The summed E-state index contributed by atoms with van der Waals surface area (Å²) in [5.41, 5.74) is 4.22. The van der Waals surface area contributed by atoms with Crippen molar-refractivity contribution in [2.45, 2.75) is 45.8 Å². The van der Waals surface area contributed by atoms with Gasteiger partial charge in [-0.3, -0.25) is 4.90 Å². The maximum atomic E-state index is 5.53. The first kappa shape index (κ1) is 17.2. The van der Waals surface area contributed by atoms with Crippen LogP contribution in [0, 0.1) is 6.92 Å². The van der Waals surface area contributed by atoms with Gasteiger partial charge in [0.05, 0.1) is 18.5 Å². The molecule has 0 bridgehead atoms. The zero-order chi connectivity index (χ0) is 17.9. The minimum atomic E-state index is 0.496. The monoisotopic (exact) mass is 355 g/mol. The first-order chi connectivity index (χ1) is 12.7. The highest BCUT2D eigenvalue weighted by molar-refractivity contribution is 5.47. The number of piperidine rings is 1. The second-order valence-corrected chi connectivity index (χ2v) is 6.89. The molecule has 0 N–H and O–H groups in total. The van der Waals surface area contributed by atoms with Gasteiger partial charge in [-0.25, -0.2) is 9.50 Å². The van der Waals surface area contributed by atoms with Crippen LogP contribution in [-0.2, 0) is 17.9 Å². The summed E-state index contributed by atoms with van der Waals surface area (Å²) in [6, 6.07) is 4.12. The van der Waals surface area contributed by atoms with Crippen molar-refractivity contribution < 1.29 is 9.26 Å². The summed E-state index contributed by atoms with van der Waals surface area (Å²) in [7, 11) is 0. The minimum Gasteiger partial charge on any atom is -0.377 e. The quantitative estimate of drug-likeness (QED) is 0.677. The molecule has 0 spiro atoms. The topological polar surface area (TPSA) is 68.7 Å². The second-order valence-electron chi connectivity index (χ2n) is 6.89. The summed E-state index contributed by atoms with van der Waals surface area (Å²) < 4.78 is 12.7. The standard InChI is InChI=1S/C19H25N5O2/c1-3-25-13-16-11-21-24-18(4-7-20-19(16)24)15-5-8-23(9-6-15)12-17-10-14(2)26-22-17/h4,7,10-11,15H,3,5-6,8-9,12-13H2,1-2H3. The molecular weight excluding hydrogens is 330 g/mol. The zero-order valence-corrected chi connectivity index (χ0v) is 15.4. The van der Waals surface area contributed by atoms with Gasteiger partial charge < -0.3 is 9.26 Å². The van der Waals surface area contributed by atoms with Gasteiger partial charge in [-0.1, -0.05) is 5.16 Å². The number of fused-ring (bicyclic) bond motifs is 1. The van der Waals surface area contributed by atoms with E-state index in [0.29, 0.717) is 19.1 Å². The maximum absolute atomic E-state index is 5.53. The van der Waals surface area contributed by atoms with Gasteiger partial charge in [-0.15, -0.1) is 0 Å². The van der Waals surface area contributed by atoms with Gasteiger partial charge >= 0.3 is 0 Å². The molecule has 4 rings (SSSR count). The molecule has 3 aromatic heterocycles. The molecule has 138 valence electrons. The molecule has 0 unspecified atom stereocenters. The Labute approximate surface area is 152 Å². The predicted octanol–water partition coefficient (Wildman–Crippen LogP) is 2.94. The van der Waals surface area contributed by atoms with Crippen LogP contribution in [0.15, 0.2) is 29.0 Å². The lowest BCUT2D eigenvalue weighted by atomic mass is 9.93. The second kappa shape index (κ2) is 7.55. The highest BCUT2D eigenvalue weighted by atomic mass is 16.5. The fourth-order valence-corrected chi connectivity index (χ4v) is 3.69. The minimum absolute atomic E-state index is 0.496. The third-order valence-corrected chi connectivity index (χ3v) is 5.03. The van der Waals surface area contributed by atoms with E-state index in [1.165, 1.54) is 5.69 Å². The molecule has 7 nitrogen and oxygen atoms in total. The number of likely N-dealkylation sites (tertiary alicyclic amines) is 1. The van der Waals surface area contributed by atoms with E-state index in [1.807, 2.05) is 36.8 Å². The molecular formula is C19H25N5O2. The predicted molar refractivity (Wildman–Crippen MR) is 96.8 cm³/mol. The van der Waals surface area contributed by atoms with Crippen molar-refractivity contribution in [2.24, 2.45) is 0 Å². The Morgan fingerprint density at radius 1 is 1.31 bits per heavy atom.